The number of hydrogen-bond donors (Lipinski definition) is 1. The summed E-state index contributed by atoms with van der Waals surface area (Å²) >= 11 is 0. The highest BCUT2D eigenvalue weighted by molar-refractivity contribution is 5.86. The number of benzene rings is 1. The van der Waals surface area contributed by atoms with E-state index >= 15 is 0 Å². The van der Waals surface area contributed by atoms with Gasteiger partial charge in [0.2, 0.25) is 5.91 Å². The van der Waals surface area contributed by atoms with E-state index in [1.807, 2.05) is 42.2 Å². The molecule has 3 saturated heterocycles. The third kappa shape index (κ3) is 3.49. The van der Waals surface area contributed by atoms with Gasteiger partial charge in [0.05, 0.1) is 25.2 Å². The number of carbonyl (C=O) groups is 1. The number of ether oxygens (including phenoxy) is 3. The van der Waals surface area contributed by atoms with Gasteiger partial charge in [-0.15, -0.1) is 0 Å². The van der Waals surface area contributed by atoms with Crippen LogP contribution in [0.1, 0.15) is 58.9 Å². The fourth-order valence-electron chi connectivity index (χ4n) is 6.46. The lowest BCUT2D eigenvalue weighted by Gasteiger charge is -2.48. The van der Waals surface area contributed by atoms with Crippen molar-refractivity contribution in [3.8, 4) is 0 Å². The van der Waals surface area contributed by atoms with Crippen LogP contribution in [0, 0.1) is 17.3 Å². The zero-order chi connectivity index (χ0) is 23.4. The predicted octanol–water partition coefficient (Wildman–Crippen LogP) is 4.03. The van der Waals surface area contributed by atoms with Crippen LogP contribution in [0.5, 0.6) is 0 Å². The van der Waals surface area contributed by atoms with Gasteiger partial charge in [-0.25, -0.2) is 0 Å². The van der Waals surface area contributed by atoms with Crippen LogP contribution in [0.3, 0.4) is 0 Å². The fourth-order valence-corrected chi connectivity index (χ4v) is 6.46. The van der Waals surface area contributed by atoms with Crippen LogP contribution in [0.2, 0.25) is 0 Å². The van der Waals surface area contributed by atoms with Crippen molar-refractivity contribution in [2.75, 3.05) is 6.61 Å². The Morgan fingerprint density at radius 1 is 1.27 bits per heavy atom. The minimum absolute atomic E-state index is 0.0135. The number of amides is 1. The Hall–Kier alpha value is -1.73. The molecule has 1 unspecified atom stereocenters. The molecule has 0 aromatic heterocycles. The standard InChI is InChI=1S/C27H37NO5/c1-25(2,3)24-28-23(30)20-15-21(31-16-18-11-7-5-8-12-18)33-26(20,4)27(28,17-32-24)22(29)19-13-9-6-10-14-19/h5,7-9,11-13,19-22,24,29H,6,10,14-17H2,1-4H3/t19-,20+,21?,22+,24+,26+,27-/m1/s1. The monoisotopic (exact) mass is 455 g/mol. The first-order chi connectivity index (χ1) is 15.7. The second-order valence-corrected chi connectivity index (χ2v) is 11.4. The normalized spacial score (nSPS) is 39.1. The largest absolute Gasteiger partial charge is 0.390 e. The van der Waals surface area contributed by atoms with Crippen LogP contribution >= 0.6 is 0 Å². The number of rotatable bonds is 5. The first kappa shape index (κ1) is 23.0. The lowest BCUT2D eigenvalue weighted by atomic mass is 9.69. The number of carbonyl (C=O) groups excluding carboxylic acids is 1. The van der Waals surface area contributed by atoms with E-state index in [1.165, 1.54) is 0 Å². The summed E-state index contributed by atoms with van der Waals surface area (Å²) < 4.78 is 19.0. The van der Waals surface area contributed by atoms with E-state index in [9.17, 15) is 9.90 Å². The summed E-state index contributed by atoms with van der Waals surface area (Å²) in [4.78, 5) is 15.8. The average molecular weight is 456 g/mol. The lowest BCUT2D eigenvalue weighted by Crippen LogP contribution is -2.67. The molecule has 0 bridgehead atoms. The van der Waals surface area contributed by atoms with Gasteiger partial charge in [0.1, 0.15) is 17.4 Å². The molecule has 33 heavy (non-hydrogen) atoms. The maximum absolute atomic E-state index is 13.9. The van der Waals surface area contributed by atoms with Gasteiger partial charge in [0.15, 0.2) is 6.29 Å². The van der Waals surface area contributed by atoms with Crippen LogP contribution in [0.25, 0.3) is 0 Å². The van der Waals surface area contributed by atoms with Gasteiger partial charge in [-0.3, -0.25) is 4.79 Å². The smallest absolute Gasteiger partial charge is 0.231 e. The van der Waals surface area contributed by atoms with Crippen molar-refractivity contribution in [2.45, 2.75) is 89.7 Å². The minimum Gasteiger partial charge on any atom is -0.390 e. The molecule has 1 aromatic carbocycles. The molecule has 1 aromatic rings. The number of hydrogen-bond acceptors (Lipinski definition) is 5. The van der Waals surface area contributed by atoms with Crippen molar-refractivity contribution in [2.24, 2.45) is 17.3 Å². The lowest BCUT2D eigenvalue weighted by molar-refractivity contribution is -0.216. The van der Waals surface area contributed by atoms with Gasteiger partial charge >= 0.3 is 0 Å². The predicted molar refractivity (Wildman–Crippen MR) is 124 cm³/mol. The molecule has 0 saturated carbocycles. The summed E-state index contributed by atoms with van der Waals surface area (Å²) in [7, 11) is 0. The first-order valence-corrected chi connectivity index (χ1v) is 12.3. The van der Waals surface area contributed by atoms with Crippen molar-refractivity contribution in [1.82, 2.24) is 4.90 Å². The van der Waals surface area contributed by atoms with Crippen molar-refractivity contribution < 1.29 is 24.1 Å². The number of fused-ring (bicyclic) bond motifs is 3. The topological polar surface area (TPSA) is 68.2 Å². The van der Waals surface area contributed by atoms with Gasteiger partial charge in [-0.1, -0.05) is 63.3 Å². The fraction of sp³-hybridized carbons (Fsp3) is 0.667. The molecule has 1 aliphatic carbocycles. The van der Waals surface area contributed by atoms with Crippen molar-refractivity contribution in [3.63, 3.8) is 0 Å². The number of allylic oxidation sites excluding steroid dienone is 1. The highest BCUT2D eigenvalue weighted by Crippen LogP contribution is 2.60. The number of aliphatic hydroxyl groups is 1. The molecule has 3 fully saturated rings. The zero-order valence-electron chi connectivity index (χ0n) is 20.2. The van der Waals surface area contributed by atoms with Gasteiger partial charge in [0.25, 0.3) is 0 Å². The maximum Gasteiger partial charge on any atom is 0.231 e. The first-order valence-electron chi connectivity index (χ1n) is 12.3. The third-order valence-corrected chi connectivity index (χ3v) is 8.20. The summed E-state index contributed by atoms with van der Waals surface area (Å²) in [5.41, 5.74) is -1.05. The Bertz CT molecular complexity index is 911. The van der Waals surface area contributed by atoms with E-state index in [0.29, 0.717) is 13.0 Å². The third-order valence-electron chi connectivity index (χ3n) is 8.20. The van der Waals surface area contributed by atoms with Gasteiger partial charge in [-0.2, -0.15) is 0 Å². The molecule has 3 heterocycles. The zero-order valence-corrected chi connectivity index (χ0v) is 20.2. The van der Waals surface area contributed by atoms with E-state index in [0.717, 1.165) is 24.8 Å². The molecule has 0 spiro atoms. The number of nitrogens with zero attached hydrogens (tertiary/aromatic N) is 1. The summed E-state index contributed by atoms with van der Waals surface area (Å²) in [6, 6.07) is 9.98. The Morgan fingerprint density at radius 3 is 2.70 bits per heavy atom. The molecule has 6 heteroatoms. The molecule has 1 amide bonds. The molecule has 1 N–H and O–H groups in total. The van der Waals surface area contributed by atoms with E-state index in [2.05, 4.69) is 32.9 Å². The van der Waals surface area contributed by atoms with Gasteiger partial charge in [-0.05, 0) is 31.7 Å². The Morgan fingerprint density at radius 2 is 2.03 bits per heavy atom. The van der Waals surface area contributed by atoms with Crippen LogP contribution in [0.4, 0.5) is 0 Å². The minimum atomic E-state index is -0.941. The highest BCUT2D eigenvalue weighted by atomic mass is 16.7. The molecular weight excluding hydrogens is 418 g/mol. The van der Waals surface area contributed by atoms with Crippen LogP contribution in [-0.2, 0) is 25.6 Å². The molecule has 5 rings (SSSR count). The van der Waals surface area contributed by atoms with Crippen molar-refractivity contribution in [3.05, 3.63) is 48.0 Å². The molecule has 7 atom stereocenters. The van der Waals surface area contributed by atoms with Crippen LogP contribution < -0.4 is 0 Å². The summed E-state index contributed by atoms with van der Waals surface area (Å²) in [6.07, 6.45) is 6.06. The molecule has 4 aliphatic rings. The SMILES string of the molecule is CC(C)(C)[C@@H]1OC[C@]2([C@@H](O)[C@@H]3C=CCCC3)N1C(=O)[C@@H]1CC(OCc3ccccc3)O[C@@]12C. The van der Waals surface area contributed by atoms with Crippen LogP contribution in [-0.4, -0.2) is 52.3 Å². The maximum atomic E-state index is 13.9. The van der Waals surface area contributed by atoms with Crippen molar-refractivity contribution in [1.29, 1.82) is 0 Å². The highest BCUT2D eigenvalue weighted by Gasteiger charge is 2.77. The van der Waals surface area contributed by atoms with Gasteiger partial charge < -0.3 is 24.2 Å². The second-order valence-electron chi connectivity index (χ2n) is 11.4. The second kappa shape index (κ2) is 8.19. The molecular formula is C27H37NO5. The summed E-state index contributed by atoms with van der Waals surface area (Å²) in [6.45, 7) is 8.93. The Kier molecular flexibility index (Phi) is 5.72. The molecule has 3 aliphatic heterocycles. The van der Waals surface area contributed by atoms with E-state index in [1.54, 1.807) is 0 Å². The average Bonchev–Trinajstić information content (AvgIpc) is 3.42. The summed E-state index contributed by atoms with van der Waals surface area (Å²) in [5.74, 6) is -0.381. The molecule has 180 valence electrons. The van der Waals surface area contributed by atoms with Crippen molar-refractivity contribution >= 4 is 5.91 Å². The number of aliphatic hydroxyl groups excluding tert-OH is 1. The van der Waals surface area contributed by atoms with E-state index in [4.69, 9.17) is 14.2 Å². The molecule has 0 radical (unpaired) electrons. The quantitative estimate of drug-likeness (QED) is 0.679. The van der Waals surface area contributed by atoms with E-state index < -0.39 is 29.8 Å². The Balaban J connectivity index is 1.47. The molecule has 6 nitrogen and oxygen atoms in total. The van der Waals surface area contributed by atoms with E-state index in [-0.39, 0.29) is 29.8 Å². The van der Waals surface area contributed by atoms with Crippen LogP contribution in [0.15, 0.2) is 42.5 Å². The Labute approximate surface area is 196 Å². The van der Waals surface area contributed by atoms with Gasteiger partial charge in [0, 0.05) is 17.8 Å². The summed E-state index contributed by atoms with van der Waals surface area (Å²) in [5, 5.41) is 11.9.